The average molecular weight is 388 g/mol. The fourth-order valence-electron chi connectivity index (χ4n) is 3.12. The van der Waals surface area contributed by atoms with Gasteiger partial charge in [0.15, 0.2) is 23.3 Å². The van der Waals surface area contributed by atoms with Gasteiger partial charge in [-0.15, -0.1) is 0 Å². The van der Waals surface area contributed by atoms with Crippen molar-refractivity contribution in [2.75, 3.05) is 7.11 Å². The second-order valence-corrected chi connectivity index (χ2v) is 6.91. The lowest BCUT2D eigenvalue weighted by molar-refractivity contribution is -0.147. The van der Waals surface area contributed by atoms with Crippen molar-refractivity contribution in [1.82, 2.24) is 0 Å². The predicted molar refractivity (Wildman–Crippen MR) is 87.4 cm³/mol. The van der Waals surface area contributed by atoms with Crippen molar-refractivity contribution in [2.45, 2.75) is 33.5 Å². The zero-order chi connectivity index (χ0) is 20.4. The predicted octanol–water partition coefficient (Wildman–Crippen LogP) is 3.85. The second-order valence-electron chi connectivity index (χ2n) is 6.91. The van der Waals surface area contributed by atoms with Crippen molar-refractivity contribution in [3.63, 3.8) is 0 Å². The van der Waals surface area contributed by atoms with Gasteiger partial charge in [0, 0.05) is 13.5 Å². The summed E-state index contributed by atoms with van der Waals surface area (Å²) >= 11 is 0. The molecular formula is C19H20F4O4. The SMILES string of the molecule is COCc1c(F)c(F)c(COC(=O)C2C(C=CCC=O)C2(C)C)c(F)c1F. The summed E-state index contributed by atoms with van der Waals surface area (Å²) in [6, 6.07) is 0. The summed E-state index contributed by atoms with van der Waals surface area (Å²) in [4.78, 5) is 22.6. The minimum absolute atomic E-state index is 0.197. The van der Waals surface area contributed by atoms with Crippen molar-refractivity contribution in [2.24, 2.45) is 17.3 Å². The molecule has 0 spiro atoms. The number of aldehydes is 1. The van der Waals surface area contributed by atoms with Crippen LogP contribution >= 0.6 is 0 Å². The molecule has 1 aliphatic carbocycles. The molecule has 0 aliphatic heterocycles. The number of hydrogen-bond acceptors (Lipinski definition) is 4. The molecule has 0 saturated heterocycles. The standard InChI is InChI=1S/C19H20F4O4/c1-19(2)12(6-4-5-7-24)13(19)18(25)27-9-11-16(22)14(20)10(8-26-3)15(21)17(11)23/h4,6-7,12-13H,5,8-9H2,1-3H3. The van der Waals surface area contributed by atoms with Gasteiger partial charge in [-0.05, 0) is 11.3 Å². The maximum Gasteiger partial charge on any atom is 0.310 e. The molecule has 2 unspecified atom stereocenters. The van der Waals surface area contributed by atoms with Crippen LogP contribution in [0.5, 0.6) is 0 Å². The molecule has 0 N–H and O–H groups in total. The molecule has 0 radical (unpaired) electrons. The van der Waals surface area contributed by atoms with Gasteiger partial charge in [0.1, 0.15) is 12.9 Å². The number of ether oxygens (including phenoxy) is 2. The quantitative estimate of drug-likeness (QED) is 0.223. The topological polar surface area (TPSA) is 52.6 Å². The van der Waals surface area contributed by atoms with E-state index in [4.69, 9.17) is 4.74 Å². The van der Waals surface area contributed by atoms with E-state index in [-0.39, 0.29) is 12.3 Å². The minimum Gasteiger partial charge on any atom is -0.460 e. The molecule has 0 aromatic heterocycles. The summed E-state index contributed by atoms with van der Waals surface area (Å²) in [5.41, 5.74) is -2.32. The van der Waals surface area contributed by atoms with Gasteiger partial charge in [0.25, 0.3) is 0 Å². The summed E-state index contributed by atoms with van der Waals surface area (Å²) in [7, 11) is 1.13. The van der Waals surface area contributed by atoms with Crippen molar-refractivity contribution < 1.29 is 36.6 Å². The number of esters is 1. The summed E-state index contributed by atoms with van der Waals surface area (Å²) in [6.07, 6.45) is 4.24. The van der Waals surface area contributed by atoms with Crippen LogP contribution in [0.25, 0.3) is 0 Å². The molecule has 1 aliphatic rings. The van der Waals surface area contributed by atoms with E-state index in [9.17, 15) is 27.2 Å². The molecule has 4 nitrogen and oxygen atoms in total. The first-order valence-corrected chi connectivity index (χ1v) is 8.28. The first-order chi connectivity index (χ1) is 12.7. The van der Waals surface area contributed by atoms with Crippen LogP contribution in [0.3, 0.4) is 0 Å². The maximum absolute atomic E-state index is 14.1. The number of carbonyl (C=O) groups is 2. The molecule has 2 rings (SSSR count). The second kappa shape index (κ2) is 8.21. The summed E-state index contributed by atoms with van der Waals surface area (Å²) in [5.74, 6) is -7.91. The van der Waals surface area contributed by atoms with Crippen molar-refractivity contribution >= 4 is 12.3 Å². The third kappa shape index (κ3) is 4.05. The fourth-order valence-corrected chi connectivity index (χ4v) is 3.12. The van der Waals surface area contributed by atoms with Crippen molar-refractivity contribution in [3.8, 4) is 0 Å². The molecule has 148 valence electrons. The van der Waals surface area contributed by atoms with Gasteiger partial charge >= 0.3 is 5.97 Å². The van der Waals surface area contributed by atoms with E-state index >= 15 is 0 Å². The van der Waals surface area contributed by atoms with Crippen LogP contribution < -0.4 is 0 Å². The summed E-state index contributed by atoms with van der Waals surface area (Å²) in [5, 5.41) is 0. The zero-order valence-corrected chi connectivity index (χ0v) is 15.2. The summed E-state index contributed by atoms with van der Waals surface area (Å²) < 4.78 is 65.4. The monoisotopic (exact) mass is 388 g/mol. The number of halogens is 4. The van der Waals surface area contributed by atoms with Gasteiger partial charge in [-0.1, -0.05) is 26.0 Å². The normalized spacial score (nSPS) is 20.7. The van der Waals surface area contributed by atoms with Crippen molar-refractivity contribution in [1.29, 1.82) is 0 Å². The van der Waals surface area contributed by atoms with Gasteiger partial charge in [0.05, 0.1) is 23.7 Å². The molecule has 0 heterocycles. The highest BCUT2D eigenvalue weighted by Crippen LogP contribution is 2.59. The Morgan fingerprint density at radius 1 is 1.04 bits per heavy atom. The highest BCUT2D eigenvalue weighted by atomic mass is 19.2. The number of hydrogen-bond donors (Lipinski definition) is 0. The third-order valence-corrected chi connectivity index (χ3v) is 4.83. The van der Waals surface area contributed by atoms with Gasteiger partial charge < -0.3 is 14.3 Å². The number of carbonyl (C=O) groups excluding carboxylic acids is 2. The van der Waals surface area contributed by atoms with E-state index in [0.717, 1.165) is 7.11 Å². The van der Waals surface area contributed by atoms with E-state index in [1.165, 1.54) is 0 Å². The van der Waals surface area contributed by atoms with Crippen LogP contribution in [0.15, 0.2) is 12.2 Å². The van der Waals surface area contributed by atoms with Crippen LogP contribution in [0.1, 0.15) is 31.4 Å². The Labute approximate surface area is 154 Å². The number of methoxy groups -OCH3 is 1. The van der Waals surface area contributed by atoms with Crippen LogP contribution in [0.4, 0.5) is 17.6 Å². The van der Waals surface area contributed by atoms with Gasteiger partial charge in [-0.3, -0.25) is 4.79 Å². The minimum atomic E-state index is -1.62. The van der Waals surface area contributed by atoms with Gasteiger partial charge in [0.2, 0.25) is 0 Å². The highest BCUT2D eigenvalue weighted by Gasteiger charge is 2.61. The molecule has 1 fully saturated rings. The molecule has 1 aromatic rings. The average Bonchev–Trinajstić information content (AvgIpc) is 3.17. The zero-order valence-electron chi connectivity index (χ0n) is 15.2. The van der Waals surface area contributed by atoms with Gasteiger partial charge in [-0.2, -0.15) is 0 Å². The maximum atomic E-state index is 14.1. The lowest BCUT2D eigenvalue weighted by Crippen LogP contribution is -2.15. The number of allylic oxidation sites excluding steroid dienone is 2. The van der Waals surface area contributed by atoms with Crippen LogP contribution in [-0.4, -0.2) is 19.4 Å². The first-order valence-electron chi connectivity index (χ1n) is 8.28. The van der Waals surface area contributed by atoms with E-state index < -0.39 is 64.9 Å². The van der Waals surface area contributed by atoms with Crippen LogP contribution in [0.2, 0.25) is 0 Å². The van der Waals surface area contributed by atoms with E-state index in [0.29, 0.717) is 6.29 Å². The largest absolute Gasteiger partial charge is 0.460 e. The summed E-state index contributed by atoms with van der Waals surface area (Å²) in [6.45, 7) is 2.02. The Morgan fingerprint density at radius 3 is 2.04 bits per heavy atom. The third-order valence-electron chi connectivity index (χ3n) is 4.83. The first kappa shape index (κ1) is 21.1. The Bertz CT molecular complexity index is 744. The Morgan fingerprint density at radius 2 is 1.56 bits per heavy atom. The molecule has 0 amide bonds. The lowest BCUT2D eigenvalue weighted by Gasteiger charge is -2.12. The molecule has 8 heteroatoms. The molecular weight excluding hydrogens is 368 g/mol. The highest BCUT2D eigenvalue weighted by molar-refractivity contribution is 5.78. The van der Waals surface area contributed by atoms with E-state index in [1.54, 1.807) is 26.0 Å². The molecule has 1 aromatic carbocycles. The molecule has 1 saturated carbocycles. The Hall–Kier alpha value is -2.22. The molecule has 27 heavy (non-hydrogen) atoms. The Balaban J connectivity index is 2.13. The Kier molecular flexibility index (Phi) is 6.41. The fraction of sp³-hybridized carbons (Fsp3) is 0.474. The van der Waals surface area contributed by atoms with E-state index in [1.807, 2.05) is 0 Å². The van der Waals surface area contributed by atoms with Crippen LogP contribution in [-0.2, 0) is 32.3 Å². The van der Waals surface area contributed by atoms with Crippen LogP contribution in [0, 0.1) is 40.5 Å². The lowest BCUT2D eigenvalue weighted by atomic mass is 10.1. The van der Waals surface area contributed by atoms with Gasteiger partial charge in [-0.25, -0.2) is 17.6 Å². The van der Waals surface area contributed by atoms with E-state index in [2.05, 4.69) is 4.74 Å². The number of benzene rings is 1. The number of rotatable bonds is 8. The van der Waals surface area contributed by atoms with Crippen molar-refractivity contribution in [3.05, 3.63) is 46.5 Å². The smallest absolute Gasteiger partial charge is 0.310 e. The molecule has 2 atom stereocenters. The molecule has 0 bridgehead atoms.